The first-order valence-corrected chi connectivity index (χ1v) is 6.61. The molecule has 0 radical (unpaired) electrons. The number of nitrogen functional groups attached to an aromatic ring is 1. The van der Waals surface area contributed by atoms with E-state index in [1.54, 1.807) is 24.3 Å². The van der Waals surface area contributed by atoms with Crippen LogP contribution < -0.4 is 16.0 Å². The number of hydrogen-bond donors (Lipinski definition) is 2. The molecule has 0 aromatic heterocycles. The first-order chi connectivity index (χ1) is 9.60. The summed E-state index contributed by atoms with van der Waals surface area (Å²) in [4.78, 5) is 24.7. The number of ether oxygens (including phenoxy) is 1. The van der Waals surface area contributed by atoms with Gasteiger partial charge >= 0.3 is 0 Å². The third-order valence-electron chi connectivity index (χ3n) is 3.29. The molecule has 2 amide bonds. The fraction of sp³-hybridized carbons (Fsp3) is 0.429. The number of hydrogen-bond acceptors (Lipinski definition) is 4. The Bertz CT molecular complexity index is 487. The second kappa shape index (κ2) is 6.38. The second-order valence-electron chi connectivity index (χ2n) is 5.00. The first-order valence-electron chi connectivity index (χ1n) is 6.61. The minimum absolute atomic E-state index is 0.191. The molecule has 0 spiro atoms. The van der Waals surface area contributed by atoms with Gasteiger partial charge in [0.25, 0.3) is 5.91 Å². The molecule has 108 valence electrons. The highest BCUT2D eigenvalue weighted by Crippen LogP contribution is 2.17. The predicted molar refractivity (Wildman–Crippen MR) is 74.0 cm³/mol. The van der Waals surface area contributed by atoms with Gasteiger partial charge in [-0.2, -0.15) is 0 Å². The van der Waals surface area contributed by atoms with Crippen molar-refractivity contribution in [2.24, 2.45) is 11.8 Å². The van der Waals surface area contributed by atoms with Crippen LogP contribution in [0.3, 0.4) is 0 Å². The van der Waals surface area contributed by atoms with E-state index in [9.17, 15) is 9.59 Å². The summed E-state index contributed by atoms with van der Waals surface area (Å²) >= 11 is 0. The Balaban J connectivity index is 1.80. The molecular formula is C14H19N3O3. The second-order valence-corrected chi connectivity index (χ2v) is 5.00. The van der Waals surface area contributed by atoms with Crippen molar-refractivity contribution < 1.29 is 14.3 Å². The Kier molecular flexibility index (Phi) is 4.57. The molecule has 0 aliphatic carbocycles. The highest BCUT2D eigenvalue weighted by molar-refractivity contribution is 5.93. The molecule has 1 aliphatic rings. The molecule has 1 aromatic carbocycles. The molecule has 1 aliphatic heterocycles. The molecule has 1 atom stereocenters. The van der Waals surface area contributed by atoms with Crippen LogP contribution in [-0.2, 0) is 4.79 Å². The largest absolute Gasteiger partial charge is 0.492 e. The number of rotatable bonds is 5. The molecule has 2 rings (SSSR count). The van der Waals surface area contributed by atoms with Crippen molar-refractivity contribution >= 4 is 11.8 Å². The number of carbonyl (C=O) groups is 2. The Morgan fingerprint density at radius 3 is 2.70 bits per heavy atom. The third kappa shape index (κ3) is 3.48. The van der Waals surface area contributed by atoms with E-state index in [1.807, 2.05) is 4.90 Å². The topological polar surface area (TPSA) is 84.7 Å². The quantitative estimate of drug-likeness (QED) is 0.467. The summed E-state index contributed by atoms with van der Waals surface area (Å²) in [5, 5.41) is 0. The van der Waals surface area contributed by atoms with Crippen LogP contribution >= 0.6 is 0 Å². The van der Waals surface area contributed by atoms with E-state index in [0.717, 1.165) is 6.54 Å². The number of hydrazine groups is 1. The van der Waals surface area contributed by atoms with Gasteiger partial charge in [0.1, 0.15) is 12.4 Å². The number of likely N-dealkylation sites (tertiary alicyclic amines) is 1. The highest BCUT2D eigenvalue weighted by atomic mass is 16.5. The van der Waals surface area contributed by atoms with Crippen LogP contribution in [0.4, 0.5) is 0 Å². The molecule has 0 saturated carbocycles. The van der Waals surface area contributed by atoms with Crippen LogP contribution in [0.5, 0.6) is 5.75 Å². The smallest absolute Gasteiger partial charge is 0.265 e. The van der Waals surface area contributed by atoms with E-state index in [2.05, 4.69) is 12.3 Å². The zero-order valence-electron chi connectivity index (χ0n) is 11.5. The van der Waals surface area contributed by atoms with Crippen molar-refractivity contribution in [3.63, 3.8) is 0 Å². The number of amides is 2. The molecule has 0 bridgehead atoms. The van der Waals surface area contributed by atoms with Gasteiger partial charge in [-0.1, -0.05) is 6.92 Å². The van der Waals surface area contributed by atoms with Gasteiger partial charge in [-0.05, 0) is 30.2 Å². The lowest BCUT2D eigenvalue weighted by Gasteiger charge is -2.16. The van der Waals surface area contributed by atoms with Gasteiger partial charge in [0.15, 0.2) is 0 Å². The van der Waals surface area contributed by atoms with E-state index in [4.69, 9.17) is 10.6 Å². The molecule has 1 fully saturated rings. The van der Waals surface area contributed by atoms with E-state index in [0.29, 0.717) is 36.8 Å². The molecule has 6 nitrogen and oxygen atoms in total. The summed E-state index contributed by atoms with van der Waals surface area (Å²) in [5.41, 5.74) is 2.54. The Morgan fingerprint density at radius 1 is 1.45 bits per heavy atom. The number of nitrogens with one attached hydrogen (secondary N) is 1. The average molecular weight is 277 g/mol. The fourth-order valence-corrected chi connectivity index (χ4v) is 2.25. The van der Waals surface area contributed by atoms with Crippen LogP contribution in [0.1, 0.15) is 23.7 Å². The zero-order chi connectivity index (χ0) is 14.5. The van der Waals surface area contributed by atoms with Crippen LogP contribution in [0, 0.1) is 5.92 Å². The zero-order valence-corrected chi connectivity index (χ0v) is 11.5. The Labute approximate surface area is 117 Å². The molecule has 3 N–H and O–H groups in total. The van der Waals surface area contributed by atoms with E-state index in [-0.39, 0.29) is 11.8 Å². The van der Waals surface area contributed by atoms with Crippen LogP contribution in [0.25, 0.3) is 0 Å². The van der Waals surface area contributed by atoms with Gasteiger partial charge in [0.2, 0.25) is 5.91 Å². The minimum Gasteiger partial charge on any atom is -0.492 e. The van der Waals surface area contributed by atoms with Crippen molar-refractivity contribution in [1.29, 1.82) is 0 Å². The summed E-state index contributed by atoms with van der Waals surface area (Å²) in [6.07, 6.45) is 0.628. The van der Waals surface area contributed by atoms with Crippen LogP contribution in [0.2, 0.25) is 0 Å². The van der Waals surface area contributed by atoms with Crippen LogP contribution in [0.15, 0.2) is 24.3 Å². The first kappa shape index (κ1) is 14.3. The minimum atomic E-state index is -0.340. The number of nitrogens with zero attached hydrogens (tertiary/aromatic N) is 1. The summed E-state index contributed by atoms with van der Waals surface area (Å²) < 4.78 is 5.56. The van der Waals surface area contributed by atoms with Gasteiger partial charge in [-0.25, -0.2) is 5.84 Å². The lowest BCUT2D eigenvalue weighted by molar-refractivity contribution is -0.128. The van der Waals surface area contributed by atoms with Gasteiger partial charge in [-0.15, -0.1) is 0 Å². The normalized spacial score (nSPS) is 18.2. The van der Waals surface area contributed by atoms with Gasteiger partial charge in [-0.3, -0.25) is 15.0 Å². The van der Waals surface area contributed by atoms with Crippen molar-refractivity contribution in [3.05, 3.63) is 29.8 Å². The Hall–Kier alpha value is -2.08. The maximum Gasteiger partial charge on any atom is 0.265 e. The van der Waals surface area contributed by atoms with Crippen molar-refractivity contribution in [2.75, 3.05) is 19.7 Å². The lowest BCUT2D eigenvalue weighted by Crippen LogP contribution is -2.30. The predicted octanol–water partition coefficient (Wildman–Crippen LogP) is 0.537. The fourth-order valence-electron chi connectivity index (χ4n) is 2.25. The summed E-state index contributed by atoms with van der Waals surface area (Å²) in [6, 6.07) is 6.69. The van der Waals surface area contributed by atoms with Crippen LogP contribution in [-0.4, -0.2) is 36.4 Å². The summed E-state index contributed by atoms with van der Waals surface area (Å²) in [7, 11) is 0. The van der Waals surface area contributed by atoms with E-state index >= 15 is 0 Å². The highest BCUT2D eigenvalue weighted by Gasteiger charge is 2.25. The van der Waals surface area contributed by atoms with Crippen molar-refractivity contribution in [3.8, 4) is 5.75 Å². The van der Waals surface area contributed by atoms with Crippen molar-refractivity contribution in [1.82, 2.24) is 10.3 Å². The molecule has 1 heterocycles. The van der Waals surface area contributed by atoms with E-state index in [1.165, 1.54) is 0 Å². The van der Waals surface area contributed by atoms with Gasteiger partial charge in [0.05, 0.1) is 6.54 Å². The van der Waals surface area contributed by atoms with Crippen molar-refractivity contribution in [2.45, 2.75) is 13.3 Å². The maximum atomic E-state index is 11.6. The number of benzene rings is 1. The summed E-state index contributed by atoms with van der Waals surface area (Å²) in [5.74, 6) is 5.99. The Morgan fingerprint density at radius 2 is 2.15 bits per heavy atom. The average Bonchev–Trinajstić information content (AvgIpc) is 2.77. The van der Waals surface area contributed by atoms with Gasteiger partial charge in [0, 0.05) is 18.5 Å². The molecule has 1 saturated heterocycles. The molecular weight excluding hydrogens is 258 g/mol. The third-order valence-corrected chi connectivity index (χ3v) is 3.29. The number of carbonyl (C=O) groups excluding carboxylic acids is 2. The lowest BCUT2D eigenvalue weighted by atomic mass is 10.2. The van der Waals surface area contributed by atoms with E-state index < -0.39 is 0 Å². The number of nitrogens with two attached hydrogens (primary N) is 1. The molecule has 1 aromatic rings. The molecule has 6 heteroatoms. The standard InChI is InChI=1S/C14H19N3O3/c1-10-8-13(18)17(9-10)6-7-20-12-4-2-11(3-5-12)14(19)16-15/h2-5,10H,6-9,15H2,1H3,(H,16,19). The maximum absolute atomic E-state index is 11.6. The molecule has 20 heavy (non-hydrogen) atoms. The monoisotopic (exact) mass is 277 g/mol. The molecule has 1 unspecified atom stereocenters. The SMILES string of the molecule is CC1CC(=O)N(CCOc2ccc(C(=O)NN)cc2)C1. The summed E-state index contributed by atoms with van der Waals surface area (Å²) in [6.45, 7) is 3.91. The van der Waals surface area contributed by atoms with Gasteiger partial charge < -0.3 is 9.64 Å².